The van der Waals surface area contributed by atoms with Crippen LogP contribution in [-0.2, 0) is 0 Å². The molecule has 4 heteroatoms. The number of imidazole rings is 1. The summed E-state index contributed by atoms with van der Waals surface area (Å²) in [6.45, 7) is 0. The molecule has 0 amide bonds. The summed E-state index contributed by atoms with van der Waals surface area (Å²) in [5.41, 5.74) is 12.1. The van der Waals surface area contributed by atoms with Gasteiger partial charge in [-0.05, 0) is 47.5 Å². The monoisotopic (exact) mass is 524 g/mol. The van der Waals surface area contributed by atoms with E-state index >= 15 is 0 Å². The van der Waals surface area contributed by atoms with E-state index in [1.807, 2.05) is 42.5 Å². The molecule has 0 aliphatic rings. The molecular formula is C37H24N4. The van der Waals surface area contributed by atoms with Gasteiger partial charge in [0.2, 0.25) is 0 Å². The molecule has 0 fully saturated rings. The molecule has 4 nitrogen and oxygen atoms in total. The van der Waals surface area contributed by atoms with Gasteiger partial charge in [-0.1, -0.05) is 103 Å². The highest BCUT2D eigenvalue weighted by molar-refractivity contribution is 6.09. The van der Waals surface area contributed by atoms with Crippen LogP contribution in [-0.4, -0.2) is 19.4 Å². The first-order valence-electron chi connectivity index (χ1n) is 13.7. The van der Waals surface area contributed by atoms with Crippen molar-refractivity contribution in [3.63, 3.8) is 0 Å². The highest BCUT2D eigenvalue weighted by atomic mass is 15.0. The van der Waals surface area contributed by atoms with Crippen LogP contribution in [0.25, 0.3) is 72.5 Å². The molecule has 0 bridgehead atoms. The normalized spacial score (nSPS) is 11.4. The third-order valence-electron chi connectivity index (χ3n) is 7.58. The smallest absolute Gasteiger partial charge is 0.137 e. The average Bonchev–Trinajstić information content (AvgIpc) is 3.45. The number of hydrogen-bond acceptors (Lipinski definition) is 3. The quantitative estimate of drug-likeness (QED) is 0.231. The van der Waals surface area contributed by atoms with E-state index in [9.17, 15) is 0 Å². The second-order valence-corrected chi connectivity index (χ2v) is 10.2. The van der Waals surface area contributed by atoms with Gasteiger partial charge >= 0.3 is 0 Å². The summed E-state index contributed by atoms with van der Waals surface area (Å²) in [5.74, 6) is 0. The number of pyridine rings is 3. The zero-order chi connectivity index (χ0) is 27.2. The summed E-state index contributed by atoms with van der Waals surface area (Å²) in [7, 11) is 0. The third-order valence-corrected chi connectivity index (χ3v) is 7.58. The van der Waals surface area contributed by atoms with Crippen LogP contribution in [0, 0.1) is 0 Å². The zero-order valence-electron chi connectivity index (χ0n) is 22.1. The van der Waals surface area contributed by atoms with E-state index in [4.69, 9.17) is 15.0 Å². The fourth-order valence-electron chi connectivity index (χ4n) is 5.61. The summed E-state index contributed by atoms with van der Waals surface area (Å²) in [6, 6.07) is 48.1. The largest absolute Gasteiger partial charge is 0.298 e. The van der Waals surface area contributed by atoms with Gasteiger partial charge in [0.1, 0.15) is 11.2 Å². The molecule has 0 unspecified atom stereocenters. The highest BCUT2D eigenvalue weighted by Crippen LogP contribution is 2.36. The minimum Gasteiger partial charge on any atom is -0.298 e. The lowest BCUT2D eigenvalue weighted by Gasteiger charge is -2.12. The molecule has 4 aromatic heterocycles. The van der Waals surface area contributed by atoms with Gasteiger partial charge in [-0.2, -0.15) is 0 Å². The van der Waals surface area contributed by atoms with Crippen molar-refractivity contribution in [2.24, 2.45) is 0 Å². The van der Waals surface area contributed by atoms with Gasteiger partial charge in [-0.15, -0.1) is 0 Å². The maximum absolute atomic E-state index is 5.19. The fourth-order valence-corrected chi connectivity index (χ4v) is 5.61. The Bertz CT molecular complexity index is 2140. The molecule has 0 atom stereocenters. The maximum atomic E-state index is 5.19. The molecule has 41 heavy (non-hydrogen) atoms. The lowest BCUT2D eigenvalue weighted by molar-refractivity contribution is 1.22. The Labute approximate surface area is 237 Å². The second kappa shape index (κ2) is 9.54. The van der Waals surface area contributed by atoms with E-state index < -0.39 is 0 Å². The minimum absolute atomic E-state index is 0.909. The van der Waals surface area contributed by atoms with Crippen molar-refractivity contribution in [2.45, 2.75) is 0 Å². The van der Waals surface area contributed by atoms with E-state index in [0.717, 1.165) is 72.5 Å². The van der Waals surface area contributed by atoms with E-state index in [0.29, 0.717) is 0 Å². The van der Waals surface area contributed by atoms with Crippen molar-refractivity contribution in [1.82, 2.24) is 19.4 Å². The molecule has 0 saturated carbocycles. The number of hydrogen-bond donors (Lipinski definition) is 0. The molecule has 8 rings (SSSR count). The second-order valence-electron chi connectivity index (χ2n) is 10.2. The fraction of sp³-hybridized carbons (Fsp3) is 0. The molecule has 0 radical (unpaired) electrons. The van der Waals surface area contributed by atoms with Gasteiger partial charge in [-0.3, -0.25) is 4.40 Å². The summed E-state index contributed by atoms with van der Waals surface area (Å²) in [4.78, 5) is 15.3. The van der Waals surface area contributed by atoms with Crippen molar-refractivity contribution in [3.05, 3.63) is 146 Å². The highest BCUT2D eigenvalue weighted by Gasteiger charge is 2.17. The Kier molecular flexibility index (Phi) is 5.42. The average molecular weight is 525 g/mol. The minimum atomic E-state index is 0.909. The number of rotatable bonds is 4. The lowest BCUT2D eigenvalue weighted by atomic mass is 9.97. The molecular weight excluding hydrogens is 500 g/mol. The van der Waals surface area contributed by atoms with Crippen molar-refractivity contribution in [3.8, 4) is 44.9 Å². The molecule has 4 aromatic carbocycles. The van der Waals surface area contributed by atoms with Gasteiger partial charge in [0.15, 0.2) is 0 Å². The number of nitrogens with zero attached hydrogens (tertiary/aromatic N) is 4. The molecule has 0 aliphatic heterocycles. The standard InChI is InChI=1S/C37H24N4/c1-3-12-25(13-4-1)32-23-29(24-33(38-32)26-14-5-2-6-15-26)27-16-11-17-28(22-27)35-37-36(30-18-7-8-19-31(30)39-35)40-34-20-9-10-21-41(34)37/h1-24H. The molecule has 192 valence electrons. The van der Waals surface area contributed by atoms with Crippen molar-refractivity contribution in [1.29, 1.82) is 0 Å². The molecule has 8 aromatic rings. The molecule has 0 spiro atoms. The van der Waals surface area contributed by atoms with Crippen LogP contribution < -0.4 is 0 Å². The Balaban J connectivity index is 1.36. The van der Waals surface area contributed by atoms with Crippen LogP contribution in [0.1, 0.15) is 0 Å². The van der Waals surface area contributed by atoms with E-state index in [2.05, 4.69) is 108 Å². The first-order chi connectivity index (χ1) is 20.3. The van der Waals surface area contributed by atoms with Gasteiger partial charge in [0.05, 0.1) is 28.1 Å². The van der Waals surface area contributed by atoms with E-state index in [-0.39, 0.29) is 0 Å². The van der Waals surface area contributed by atoms with Crippen LogP contribution in [0.15, 0.2) is 146 Å². The van der Waals surface area contributed by atoms with Gasteiger partial charge in [0, 0.05) is 28.3 Å². The van der Waals surface area contributed by atoms with Crippen LogP contribution in [0.3, 0.4) is 0 Å². The van der Waals surface area contributed by atoms with Crippen LogP contribution in [0.4, 0.5) is 0 Å². The predicted molar refractivity (Wildman–Crippen MR) is 168 cm³/mol. The predicted octanol–water partition coefficient (Wildman–Crippen LogP) is 9.10. The van der Waals surface area contributed by atoms with Gasteiger partial charge in [-0.25, -0.2) is 15.0 Å². The van der Waals surface area contributed by atoms with E-state index in [1.54, 1.807) is 0 Å². The van der Waals surface area contributed by atoms with E-state index in [1.165, 1.54) is 0 Å². The summed E-state index contributed by atoms with van der Waals surface area (Å²) < 4.78 is 2.14. The number of fused-ring (bicyclic) bond motifs is 5. The SMILES string of the molecule is c1ccc(-c2cc(-c3cccc(-c4nc5ccccc5c5nc6ccccn6c45)c3)cc(-c3ccccc3)n2)cc1. The maximum Gasteiger partial charge on any atom is 0.137 e. The van der Waals surface area contributed by atoms with Crippen molar-refractivity contribution < 1.29 is 0 Å². The lowest BCUT2D eigenvalue weighted by Crippen LogP contribution is -1.93. The molecule has 0 N–H and O–H groups in total. The molecule has 0 aliphatic carbocycles. The Hall–Kier alpha value is -5.61. The first kappa shape index (κ1) is 23.3. The summed E-state index contributed by atoms with van der Waals surface area (Å²) in [6.07, 6.45) is 2.07. The van der Waals surface area contributed by atoms with Crippen molar-refractivity contribution >= 4 is 27.6 Å². The molecule has 0 saturated heterocycles. The Morgan fingerprint density at radius 1 is 0.439 bits per heavy atom. The summed E-state index contributed by atoms with van der Waals surface area (Å²) >= 11 is 0. The van der Waals surface area contributed by atoms with Gasteiger partial charge in [0.25, 0.3) is 0 Å². The number of para-hydroxylation sites is 1. The number of aromatic nitrogens is 4. The Morgan fingerprint density at radius 3 is 1.83 bits per heavy atom. The number of benzene rings is 4. The topological polar surface area (TPSA) is 43.1 Å². The van der Waals surface area contributed by atoms with Crippen molar-refractivity contribution in [2.75, 3.05) is 0 Å². The van der Waals surface area contributed by atoms with Crippen LogP contribution in [0.5, 0.6) is 0 Å². The van der Waals surface area contributed by atoms with Crippen LogP contribution in [0.2, 0.25) is 0 Å². The van der Waals surface area contributed by atoms with Crippen LogP contribution >= 0.6 is 0 Å². The third kappa shape index (κ3) is 4.05. The Morgan fingerprint density at radius 2 is 1.07 bits per heavy atom. The summed E-state index contributed by atoms with van der Waals surface area (Å²) in [5, 5.41) is 1.06. The first-order valence-corrected chi connectivity index (χ1v) is 13.7. The molecule has 4 heterocycles. The van der Waals surface area contributed by atoms with Gasteiger partial charge < -0.3 is 0 Å². The zero-order valence-corrected chi connectivity index (χ0v) is 22.1.